The van der Waals surface area contributed by atoms with E-state index in [2.05, 4.69) is 4.84 Å². The lowest BCUT2D eigenvalue weighted by molar-refractivity contribution is 0.132. The summed E-state index contributed by atoms with van der Waals surface area (Å²) >= 11 is 0. The Morgan fingerprint density at radius 3 is 2.50 bits per heavy atom. The van der Waals surface area contributed by atoms with Gasteiger partial charge in [0.05, 0.1) is 6.61 Å². The third-order valence-electron chi connectivity index (χ3n) is 0.920. The highest BCUT2D eigenvalue weighted by Gasteiger charge is 1.84. The molecule has 8 heavy (non-hydrogen) atoms. The molecule has 0 radical (unpaired) electrons. The zero-order valence-electron chi connectivity index (χ0n) is 4.97. The molecule has 3 heteroatoms. The Morgan fingerprint density at radius 2 is 2.00 bits per heavy atom. The Labute approximate surface area is 49.4 Å². The van der Waals surface area contributed by atoms with Crippen LogP contribution in [0.4, 0.5) is 0 Å². The van der Waals surface area contributed by atoms with Crippen molar-refractivity contribution >= 4 is 0 Å². The molecule has 0 aromatic heterocycles. The maximum atomic E-state index is 8.29. The van der Waals surface area contributed by atoms with Crippen molar-refractivity contribution in [2.45, 2.75) is 19.3 Å². The standard InChI is InChI=1S/C5H13NO2/c6-8-5-3-1-2-4-7/h7H,1-6H2. The van der Waals surface area contributed by atoms with Gasteiger partial charge in [0.15, 0.2) is 0 Å². The second-order valence-corrected chi connectivity index (χ2v) is 1.66. The Hall–Kier alpha value is -0.120. The smallest absolute Gasteiger partial charge is 0.0679 e. The summed E-state index contributed by atoms with van der Waals surface area (Å²) < 4.78 is 0. The number of aliphatic hydroxyl groups excluding tert-OH is 1. The Kier molecular flexibility index (Phi) is 6.78. The molecule has 0 bridgehead atoms. The second kappa shape index (κ2) is 6.88. The maximum Gasteiger partial charge on any atom is 0.0679 e. The fourth-order valence-corrected chi connectivity index (χ4v) is 0.474. The molecular weight excluding hydrogens is 106 g/mol. The van der Waals surface area contributed by atoms with Gasteiger partial charge in [0, 0.05) is 6.61 Å². The van der Waals surface area contributed by atoms with Crippen molar-refractivity contribution in [1.29, 1.82) is 0 Å². The molecule has 0 atom stereocenters. The minimum absolute atomic E-state index is 0.268. The van der Waals surface area contributed by atoms with Crippen LogP contribution < -0.4 is 5.90 Å². The summed E-state index contributed by atoms with van der Waals surface area (Å²) in [5, 5.41) is 8.29. The van der Waals surface area contributed by atoms with Crippen molar-refractivity contribution in [2.24, 2.45) is 5.90 Å². The molecule has 0 unspecified atom stereocenters. The highest BCUT2D eigenvalue weighted by Crippen LogP contribution is 1.91. The molecule has 0 aliphatic heterocycles. The molecule has 3 nitrogen and oxygen atoms in total. The van der Waals surface area contributed by atoms with Gasteiger partial charge in [0.25, 0.3) is 0 Å². The van der Waals surface area contributed by atoms with Crippen LogP contribution in [-0.2, 0) is 4.84 Å². The Balaban J connectivity index is 2.53. The minimum Gasteiger partial charge on any atom is -0.396 e. The highest BCUT2D eigenvalue weighted by molar-refractivity contribution is 4.36. The van der Waals surface area contributed by atoms with E-state index in [1.807, 2.05) is 0 Å². The van der Waals surface area contributed by atoms with Crippen LogP contribution in [-0.4, -0.2) is 18.3 Å². The first kappa shape index (κ1) is 7.88. The lowest BCUT2D eigenvalue weighted by Crippen LogP contribution is -2.00. The average Bonchev–Trinajstić information content (AvgIpc) is 1.81. The van der Waals surface area contributed by atoms with Crippen LogP contribution in [0.2, 0.25) is 0 Å². The van der Waals surface area contributed by atoms with Crippen LogP contribution in [0.1, 0.15) is 19.3 Å². The molecule has 50 valence electrons. The number of hydrogen-bond donors (Lipinski definition) is 2. The van der Waals surface area contributed by atoms with Gasteiger partial charge in [-0.15, -0.1) is 0 Å². The van der Waals surface area contributed by atoms with E-state index in [0.717, 1.165) is 19.3 Å². The molecule has 0 aromatic carbocycles. The Bertz CT molecular complexity index is 35.4. The lowest BCUT2D eigenvalue weighted by Gasteiger charge is -1.94. The quantitative estimate of drug-likeness (QED) is 0.397. The van der Waals surface area contributed by atoms with Gasteiger partial charge in [-0.2, -0.15) is 0 Å². The van der Waals surface area contributed by atoms with Gasteiger partial charge in [-0.25, -0.2) is 5.90 Å². The molecular formula is C5H13NO2. The van der Waals surface area contributed by atoms with E-state index >= 15 is 0 Å². The second-order valence-electron chi connectivity index (χ2n) is 1.66. The van der Waals surface area contributed by atoms with Crippen molar-refractivity contribution in [3.8, 4) is 0 Å². The molecule has 0 saturated heterocycles. The van der Waals surface area contributed by atoms with Gasteiger partial charge in [-0.05, 0) is 19.3 Å². The molecule has 0 aliphatic rings. The van der Waals surface area contributed by atoms with Crippen molar-refractivity contribution in [1.82, 2.24) is 0 Å². The van der Waals surface area contributed by atoms with E-state index < -0.39 is 0 Å². The van der Waals surface area contributed by atoms with E-state index in [1.165, 1.54) is 0 Å². The van der Waals surface area contributed by atoms with E-state index in [0.29, 0.717) is 6.61 Å². The van der Waals surface area contributed by atoms with Gasteiger partial charge >= 0.3 is 0 Å². The highest BCUT2D eigenvalue weighted by atomic mass is 16.6. The monoisotopic (exact) mass is 119 g/mol. The van der Waals surface area contributed by atoms with Crippen LogP contribution in [0.5, 0.6) is 0 Å². The summed E-state index contributed by atoms with van der Waals surface area (Å²) in [6, 6.07) is 0. The summed E-state index contributed by atoms with van der Waals surface area (Å²) in [5.74, 6) is 4.75. The molecule has 0 amide bonds. The van der Waals surface area contributed by atoms with Gasteiger partial charge < -0.3 is 9.94 Å². The molecule has 0 aromatic rings. The zero-order chi connectivity index (χ0) is 6.24. The van der Waals surface area contributed by atoms with Crippen LogP contribution in [0.3, 0.4) is 0 Å². The first-order valence-corrected chi connectivity index (χ1v) is 2.84. The third-order valence-corrected chi connectivity index (χ3v) is 0.920. The number of hydrogen-bond acceptors (Lipinski definition) is 3. The predicted octanol–water partition coefficient (Wildman–Crippen LogP) is 0.0393. The number of aliphatic hydroxyl groups is 1. The molecule has 0 rings (SSSR count). The number of unbranched alkanes of at least 4 members (excludes halogenated alkanes) is 2. The normalized spacial score (nSPS) is 9.75. The summed E-state index contributed by atoms with van der Waals surface area (Å²) in [4.78, 5) is 4.31. The Morgan fingerprint density at radius 1 is 1.25 bits per heavy atom. The van der Waals surface area contributed by atoms with Gasteiger partial charge in [-0.1, -0.05) is 0 Å². The van der Waals surface area contributed by atoms with Gasteiger partial charge in [0.2, 0.25) is 0 Å². The molecule has 0 fully saturated rings. The van der Waals surface area contributed by atoms with Gasteiger partial charge in [0.1, 0.15) is 0 Å². The van der Waals surface area contributed by atoms with Crippen LogP contribution in [0, 0.1) is 0 Å². The maximum absolute atomic E-state index is 8.29. The zero-order valence-corrected chi connectivity index (χ0v) is 4.97. The predicted molar refractivity (Wildman–Crippen MR) is 31.1 cm³/mol. The van der Waals surface area contributed by atoms with E-state index in [9.17, 15) is 0 Å². The van der Waals surface area contributed by atoms with Crippen LogP contribution in [0.25, 0.3) is 0 Å². The van der Waals surface area contributed by atoms with E-state index in [1.54, 1.807) is 0 Å². The van der Waals surface area contributed by atoms with Crippen molar-refractivity contribution in [3.05, 3.63) is 0 Å². The van der Waals surface area contributed by atoms with Crippen molar-refractivity contribution in [3.63, 3.8) is 0 Å². The average molecular weight is 119 g/mol. The summed E-state index contributed by atoms with van der Waals surface area (Å²) in [7, 11) is 0. The molecule has 0 aliphatic carbocycles. The fraction of sp³-hybridized carbons (Fsp3) is 1.00. The van der Waals surface area contributed by atoms with Crippen LogP contribution >= 0.6 is 0 Å². The summed E-state index contributed by atoms with van der Waals surface area (Å²) in [5.41, 5.74) is 0. The topological polar surface area (TPSA) is 55.5 Å². The molecule has 3 N–H and O–H groups in total. The number of nitrogens with two attached hydrogens (primary N) is 1. The molecule has 0 saturated carbocycles. The molecule has 0 spiro atoms. The van der Waals surface area contributed by atoms with Crippen molar-refractivity contribution in [2.75, 3.05) is 13.2 Å². The van der Waals surface area contributed by atoms with Crippen LogP contribution in [0.15, 0.2) is 0 Å². The van der Waals surface area contributed by atoms with Crippen molar-refractivity contribution < 1.29 is 9.94 Å². The first-order chi connectivity index (χ1) is 3.91. The van der Waals surface area contributed by atoms with E-state index in [-0.39, 0.29) is 6.61 Å². The summed E-state index contributed by atoms with van der Waals surface area (Å²) in [6.07, 6.45) is 2.79. The first-order valence-electron chi connectivity index (χ1n) is 2.84. The SMILES string of the molecule is NOCCCCCO. The summed E-state index contributed by atoms with van der Waals surface area (Å²) in [6.45, 7) is 0.866. The number of rotatable bonds is 5. The van der Waals surface area contributed by atoms with E-state index in [4.69, 9.17) is 11.0 Å². The molecule has 0 heterocycles. The minimum atomic E-state index is 0.268. The lowest BCUT2D eigenvalue weighted by atomic mass is 10.2. The largest absolute Gasteiger partial charge is 0.396 e. The van der Waals surface area contributed by atoms with Gasteiger partial charge in [-0.3, -0.25) is 0 Å². The third kappa shape index (κ3) is 5.88. The fourth-order valence-electron chi connectivity index (χ4n) is 0.474.